The molecule has 0 atom stereocenters. The number of carbonyl (C=O) groups excluding carboxylic acids is 1. The second-order valence-electron chi connectivity index (χ2n) is 5.33. The number of benzene rings is 1. The molecule has 0 fully saturated rings. The number of rotatable bonds is 5. The van der Waals surface area contributed by atoms with Crippen molar-refractivity contribution >= 4 is 11.9 Å². The number of para-hydroxylation sites is 1. The molecule has 1 aromatic carbocycles. The minimum Gasteiger partial charge on any atom is -0.496 e. The summed E-state index contributed by atoms with van der Waals surface area (Å²) in [5.41, 5.74) is 7.59. The van der Waals surface area contributed by atoms with E-state index >= 15 is 0 Å². The number of anilines is 1. The quantitative estimate of drug-likeness (QED) is 0.689. The third-order valence-corrected chi connectivity index (χ3v) is 3.39. The summed E-state index contributed by atoms with van der Waals surface area (Å²) >= 11 is 0. The van der Waals surface area contributed by atoms with E-state index in [-0.39, 0.29) is 5.69 Å². The van der Waals surface area contributed by atoms with Crippen molar-refractivity contribution in [3.05, 3.63) is 53.5 Å². The molecule has 1 amide bonds. The van der Waals surface area contributed by atoms with Crippen LogP contribution in [-0.2, 0) is 0 Å². The number of hydrogen-bond donors (Lipinski definition) is 2. The van der Waals surface area contributed by atoms with Crippen molar-refractivity contribution in [2.45, 2.75) is 13.8 Å². The first-order valence-electron chi connectivity index (χ1n) is 7.55. The average molecular weight is 339 g/mol. The monoisotopic (exact) mass is 339 g/mol. The Labute approximate surface area is 144 Å². The Kier molecular flexibility index (Phi) is 4.60. The maximum absolute atomic E-state index is 12.2. The van der Waals surface area contributed by atoms with Gasteiger partial charge in [-0.3, -0.25) is 15.6 Å². The third kappa shape index (κ3) is 3.74. The van der Waals surface area contributed by atoms with E-state index in [0.717, 1.165) is 11.4 Å². The maximum Gasteiger partial charge on any atom is 0.291 e. The van der Waals surface area contributed by atoms with Crippen LogP contribution in [0.15, 0.2) is 40.9 Å². The number of nitrogens with one attached hydrogen (secondary N) is 2. The standard InChI is InChI=1S/C17H17N5O3/c1-10-8-11(2)19-17(18-10)21-20-16(23)13-9-15(25-22-13)12-6-4-5-7-14(12)24-3/h4-9H,1-3H3,(H,20,23)(H,18,19,21). The van der Waals surface area contributed by atoms with Crippen LogP contribution in [-0.4, -0.2) is 28.1 Å². The molecule has 0 spiro atoms. The minimum atomic E-state index is -0.465. The Morgan fingerprint density at radius 1 is 1.12 bits per heavy atom. The number of carbonyl (C=O) groups is 1. The van der Waals surface area contributed by atoms with Gasteiger partial charge in [-0.15, -0.1) is 0 Å². The molecule has 25 heavy (non-hydrogen) atoms. The number of hydrogen-bond acceptors (Lipinski definition) is 7. The van der Waals surface area contributed by atoms with Crippen LogP contribution in [0.1, 0.15) is 21.9 Å². The summed E-state index contributed by atoms with van der Waals surface area (Å²) in [7, 11) is 1.57. The van der Waals surface area contributed by atoms with Crippen molar-refractivity contribution in [1.82, 2.24) is 20.6 Å². The van der Waals surface area contributed by atoms with Gasteiger partial charge in [0.15, 0.2) is 11.5 Å². The number of amides is 1. The molecular formula is C17H17N5O3. The first kappa shape index (κ1) is 16.4. The summed E-state index contributed by atoms with van der Waals surface area (Å²) in [5.74, 6) is 0.907. The van der Waals surface area contributed by atoms with Crippen molar-refractivity contribution in [3.8, 4) is 17.1 Å². The summed E-state index contributed by atoms with van der Waals surface area (Å²) in [6.45, 7) is 3.69. The topological polar surface area (TPSA) is 102 Å². The number of aryl methyl sites for hydroxylation is 2. The van der Waals surface area contributed by atoms with Gasteiger partial charge in [0.05, 0.1) is 12.7 Å². The molecule has 128 valence electrons. The minimum absolute atomic E-state index is 0.123. The molecule has 2 aromatic heterocycles. The van der Waals surface area contributed by atoms with E-state index in [1.165, 1.54) is 6.07 Å². The Hall–Kier alpha value is -3.42. The molecule has 2 heterocycles. The Balaban J connectivity index is 1.72. The number of ether oxygens (including phenoxy) is 1. The highest BCUT2D eigenvalue weighted by atomic mass is 16.5. The van der Waals surface area contributed by atoms with Crippen LogP contribution in [0.5, 0.6) is 5.75 Å². The number of hydrazine groups is 1. The first-order chi connectivity index (χ1) is 12.1. The van der Waals surface area contributed by atoms with Crippen LogP contribution in [0.2, 0.25) is 0 Å². The first-order valence-corrected chi connectivity index (χ1v) is 7.55. The van der Waals surface area contributed by atoms with Crippen LogP contribution in [0.25, 0.3) is 11.3 Å². The fourth-order valence-corrected chi connectivity index (χ4v) is 2.32. The highest BCUT2D eigenvalue weighted by Crippen LogP contribution is 2.29. The number of aromatic nitrogens is 3. The second kappa shape index (κ2) is 7.00. The molecule has 0 saturated carbocycles. The lowest BCUT2D eigenvalue weighted by molar-refractivity contribution is 0.0953. The van der Waals surface area contributed by atoms with Gasteiger partial charge < -0.3 is 9.26 Å². The predicted molar refractivity (Wildman–Crippen MR) is 91.1 cm³/mol. The molecule has 0 aliphatic rings. The SMILES string of the molecule is COc1ccccc1-c1cc(C(=O)NNc2nc(C)cc(C)n2)no1. The summed E-state index contributed by atoms with van der Waals surface area (Å²) in [5, 5.41) is 3.79. The zero-order chi connectivity index (χ0) is 17.8. The van der Waals surface area contributed by atoms with E-state index in [2.05, 4.69) is 26.0 Å². The summed E-state index contributed by atoms with van der Waals surface area (Å²) < 4.78 is 10.5. The Morgan fingerprint density at radius 3 is 2.56 bits per heavy atom. The molecule has 3 rings (SSSR count). The zero-order valence-electron chi connectivity index (χ0n) is 14.0. The van der Waals surface area contributed by atoms with E-state index in [1.54, 1.807) is 13.2 Å². The van der Waals surface area contributed by atoms with Crippen molar-refractivity contribution in [1.29, 1.82) is 0 Å². The molecular weight excluding hydrogens is 322 g/mol. The molecule has 0 unspecified atom stereocenters. The van der Waals surface area contributed by atoms with E-state index < -0.39 is 5.91 Å². The fourth-order valence-electron chi connectivity index (χ4n) is 2.32. The normalized spacial score (nSPS) is 10.4. The van der Waals surface area contributed by atoms with Crippen molar-refractivity contribution in [2.24, 2.45) is 0 Å². The molecule has 8 nitrogen and oxygen atoms in total. The van der Waals surface area contributed by atoms with Gasteiger partial charge in [0.1, 0.15) is 5.75 Å². The highest BCUT2D eigenvalue weighted by molar-refractivity contribution is 5.93. The molecule has 0 aliphatic carbocycles. The molecule has 0 bridgehead atoms. The second-order valence-corrected chi connectivity index (χ2v) is 5.33. The lowest BCUT2D eigenvalue weighted by Crippen LogP contribution is -2.30. The molecule has 8 heteroatoms. The summed E-state index contributed by atoms with van der Waals surface area (Å²) in [6, 6.07) is 10.7. The average Bonchev–Trinajstić information content (AvgIpc) is 3.09. The highest BCUT2D eigenvalue weighted by Gasteiger charge is 2.16. The third-order valence-electron chi connectivity index (χ3n) is 3.39. The van der Waals surface area contributed by atoms with Gasteiger partial charge in [0.25, 0.3) is 5.91 Å². The number of methoxy groups -OCH3 is 1. The van der Waals surface area contributed by atoms with Crippen LogP contribution in [0.4, 0.5) is 5.95 Å². The van der Waals surface area contributed by atoms with E-state index in [0.29, 0.717) is 23.0 Å². The van der Waals surface area contributed by atoms with Crippen molar-refractivity contribution in [3.63, 3.8) is 0 Å². The van der Waals surface area contributed by atoms with Gasteiger partial charge in [-0.05, 0) is 32.0 Å². The van der Waals surface area contributed by atoms with Gasteiger partial charge in [-0.2, -0.15) is 0 Å². The maximum atomic E-state index is 12.2. The van der Waals surface area contributed by atoms with Gasteiger partial charge in [-0.1, -0.05) is 17.3 Å². The van der Waals surface area contributed by atoms with E-state index in [9.17, 15) is 4.79 Å². The van der Waals surface area contributed by atoms with Gasteiger partial charge in [0, 0.05) is 17.5 Å². The fraction of sp³-hybridized carbons (Fsp3) is 0.176. The van der Waals surface area contributed by atoms with Gasteiger partial charge >= 0.3 is 0 Å². The van der Waals surface area contributed by atoms with Crippen LogP contribution >= 0.6 is 0 Å². The largest absolute Gasteiger partial charge is 0.496 e. The lowest BCUT2D eigenvalue weighted by Gasteiger charge is -2.06. The van der Waals surface area contributed by atoms with Gasteiger partial charge in [0.2, 0.25) is 5.95 Å². The van der Waals surface area contributed by atoms with E-state index in [4.69, 9.17) is 9.26 Å². The molecule has 3 aromatic rings. The smallest absolute Gasteiger partial charge is 0.291 e. The Morgan fingerprint density at radius 2 is 1.84 bits per heavy atom. The summed E-state index contributed by atoms with van der Waals surface area (Å²) in [6.07, 6.45) is 0. The van der Waals surface area contributed by atoms with Crippen molar-refractivity contribution in [2.75, 3.05) is 12.5 Å². The summed E-state index contributed by atoms with van der Waals surface area (Å²) in [4.78, 5) is 20.6. The van der Waals surface area contributed by atoms with Crippen molar-refractivity contribution < 1.29 is 14.1 Å². The van der Waals surface area contributed by atoms with Gasteiger partial charge in [-0.25, -0.2) is 9.97 Å². The lowest BCUT2D eigenvalue weighted by atomic mass is 10.1. The van der Waals surface area contributed by atoms with Crippen LogP contribution in [0, 0.1) is 13.8 Å². The van der Waals surface area contributed by atoms with Crippen LogP contribution in [0.3, 0.4) is 0 Å². The molecule has 0 saturated heterocycles. The predicted octanol–water partition coefficient (Wildman–Crippen LogP) is 2.51. The Bertz CT molecular complexity index is 887. The van der Waals surface area contributed by atoms with Crippen LogP contribution < -0.4 is 15.6 Å². The molecule has 2 N–H and O–H groups in total. The number of nitrogens with zero attached hydrogens (tertiary/aromatic N) is 3. The van der Waals surface area contributed by atoms with E-state index in [1.807, 2.05) is 38.1 Å². The molecule has 0 aliphatic heterocycles. The molecule has 0 radical (unpaired) electrons. The zero-order valence-corrected chi connectivity index (χ0v) is 14.0.